The Bertz CT molecular complexity index is 1680. The number of halogens is 1. The maximum Gasteiger partial charge on any atom is 0.410 e. The largest absolute Gasteiger partial charge is 0.457 e. The number of nitrogens with one attached hydrogen (secondary N) is 2. The number of H-pyrrole nitrogens is 1. The fourth-order valence-corrected chi connectivity index (χ4v) is 5.86. The van der Waals surface area contributed by atoms with Gasteiger partial charge in [0.2, 0.25) is 0 Å². The van der Waals surface area contributed by atoms with Crippen LogP contribution in [0.2, 0.25) is 5.02 Å². The van der Waals surface area contributed by atoms with Gasteiger partial charge in [-0.15, -0.1) is 0 Å². The molecule has 2 aliphatic heterocycles. The van der Waals surface area contributed by atoms with Crippen LogP contribution in [0.3, 0.4) is 0 Å². The summed E-state index contributed by atoms with van der Waals surface area (Å²) in [7, 11) is 1.69. The number of benzene rings is 2. The number of para-hydroxylation sites is 1. The molecule has 42 heavy (non-hydrogen) atoms. The number of likely N-dealkylation sites (N-methyl/N-ethyl adjacent to an activating group) is 1. The molecule has 2 aliphatic rings. The zero-order valence-electron chi connectivity index (χ0n) is 23.8. The number of aliphatic hydroxyl groups excluding tert-OH is 1. The van der Waals surface area contributed by atoms with E-state index in [2.05, 4.69) is 15.3 Å². The number of hydrogen-bond donors (Lipinski definition) is 3. The van der Waals surface area contributed by atoms with Gasteiger partial charge in [-0.2, -0.15) is 0 Å². The maximum absolute atomic E-state index is 13.7. The Morgan fingerprint density at radius 1 is 1.14 bits per heavy atom. The van der Waals surface area contributed by atoms with E-state index in [1.165, 1.54) is 0 Å². The molecule has 0 saturated carbocycles. The van der Waals surface area contributed by atoms with Gasteiger partial charge in [-0.05, 0) is 51.5 Å². The number of carbonyl (C=O) groups is 2. The van der Waals surface area contributed by atoms with Gasteiger partial charge < -0.3 is 34.7 Å². The van der Waals surface area contributed by atoms with E-state index in [-0.39, 0.29) is 12.5 Å². The molecule has 218 valence electrons. The summed E-state index contributed by atoms with van der Waals surface area (Å²) in [5.41, 5.74) is 1.07. The highest BCUT2D eigenvalue weighted by Gasteiger charge is 2.52. The Balaban J connectivity index is 1.33. The summed E-state index contributed by atoms with van der Waals surface area (Å²) in [5, 5.41) is 16.0. The summed E-state index contributed by atoms with van der Waals surface area (Å²) in [6.07, 6.45) is 2.14. The first-order chi connectivity index (χ1) is 20.0. The third kappa shape index (κ3) is 4.90. The monoisotopic (exact) mass is 589 g/mol. The summed E-state index contributed by atoms with van der Waals surface area (Å²) < 4.78 is 11.5. The number of ether oxygens (including phenoxy) is 2. The predicted octanol–water partition coefficient (Wildman–Crippen LogP) is 5.86. The number of rotatable bonds is 4. The lowest BCUT2D eigenvalue weighted by Gasteiger charge is -2.40. The van der Waals surface area contributed by atoms with Crippen molar-refractivity contribution >= 4 is 46.0 Å². The number of pyridine rings is 1. The predicted molar refractivity (Wildman–Crippen MR) is 160 cm³/mol. The third-order valence-electron chi connectivity index (χ3n) is 7.61. The molecule has 0 bridgehead atoms. The summed E-state index contributed by atoms with van der Waals surface area (Å²) in [4.78, 5) is 37.3. The number of amides is 2. The Morgan fingerprint density at radius 2 is 1.90 bits per heavy atom. The van der Waals surface area contributed by atoms with E-state index in [1.54, 1.807) is 47.4 Å². The van der Waals surface area contributed by atoms with Crippen LogP contribution in [0.15, 0.2) is 60.9 Å². The van der Waals surface area contributed by atoms with Crippen molar-refractivity contribution < 1.29 is 24.2 Å². The van der Waals surface area contributed by atoms with Crippen LogP contribution in [0, 0.1) is 0 Å². The molecular formula is C31H32ClN5O5. The van der Waals surface area contributed by atoms with Crippen molar-refractivity contribution in [3.63, 3.8) is 0 Å². The number of likely N-dealkylation sites (tertiary alicyclic amines) is 1. The molecule has 4 aromatic rings. The van der Waals surface area contributed by atoms with Crippen molar-refractivity contribution in [1.29, 1.82) is 0 Å². The van der Waals surface area contributed by atoms with E-state index in [0.29, 0.717) is 63.0 Å². The highest BCUT2D eigenvalue weighted by Crippen LogP contribution is 2.45. The topological polar surface area (TPSA) is 120 Å². The van der Waals surface area contributed by atoms with Gasteiger partial charge >= 0.3 is 6.09 Å². The van der Waals surface area contributed by atoms with Crippen molar-refractivity contribution in [1.82, 2.24) is 14.9 Å². The molecule has 6 rings (SSSR count). The van der Waals surface area contributed by atoms with Crippen molar-refractivity contribution in [2.24, 2.45) is 0 Å². The SMILES string of the molecule is CN1C(=O)C2(CCN(C(=O)OC(C)(C)C)C2)Nc2c1cnc1[nH]cc(C(O)c3ccc(Oc4ccccc4)cc3Cl)c21. The molecule has 10 nitrogen and oxygen atoms in total. The lowest BCUT2D eigenvalue weighted by atomic mass is 9.91. The summed E-state index contributed by atoms with van der Waals surface area (Å²) in [6, 6.07) is 14.5. The smallest absolute Gasteiger partial charge is 0.410 e. The average Bonchev–Trinajstić information content (AvgIpc) is 3.57. The molecule has 0 aliphatic carbocycles. The van der Waals surface area contributed by atoms with Crippen molar-refractivity contribution in [3.05, 3.63) is 77.1 Å². The van der Waals surface area contributed by atoms with Crippen LogP contribution in [0.1, 0.15) is 44.4 Å². The van der Waals surface area contributed by atoms with Gasteiger partial charge in [-0.3, -0.25) is 4.79 Å². The van der Waals surface area contributed by atoms with Crippen LogP contribution in [-0.2, 0) is 9.53 Å². The van der Waals surface area contributed by atoms with Crippen LogP contribution >= 0.6 is 11.6 Å². The number of nitrogens with zero attached hydrogens (tertiary/aromatic N) is 3. The van der Waals surface area contributed by atoms with Crippen LogP contribution in [0.5, 0.6) is 11.5 Å². The standard InChI is InChI=1S/C31H32ClN5O5/c1-30(2,3)42-29(40)37-13-12-31(17-37)28(39)36(4)23-16-34-27-24(25(23)35-31)21(15-33-27)26(38)20-11-10-19(14-22(20)32)41-18-8-6-5-7-9-18/h5-11,14-16,26,35,38H,12-13,17H2,1-4H3,(H,33,34). The molecule has 0 radical (unpaired) electrons. The molecule has 2 atom stereocenters. The lowest BCUT2D eigenvalue weighted by Crippen LogP contribution is -2.58. The summed E-state index contributed by atoms with van der Waals surface area (Å²) in [5.74, 6) is 1.04. The molecule has 2 amide bonds. The lowest BCUT2D eigenvalue weighted by molar-refractivity contribution is -0.122. The van der Waals surface area contributed by atoms with E-state index in [0.717, 1.165) is 0 Å². The van der Waals surface area contributed by atoms with Gasteiger partial charge in [-0.25, -0.2) is 9.78 Å². The number of carbonyl (C=O) groups excluding carboxylic acids is 2. The second-order valence-electron chi connectivity index (χ2n) is 11.7. The number of aromatic amines is 1. The van der Waals surface area contributed by atoms with E-state index < -0.39 is 23.3 Å². The van der Waals surface area contributed by atoms with Gasteiger partial charge in [0.15, 0.2) is 0 Å². The minimum atomic E-state index is -1.10. The molecule has 3 N–H and O–H groups in total. The Labute approximate surface area is 248 Å². The maximum atomic E-state index is 13.7. The van der Waals surface area contributed by atoms with Crippen LogP contribution in [0.4, 0.5) is 16.2 Å². The molecule has 1 saturated heterocycles. The molecule has 2 aromatic carbocycles. The number of aliphatic hydroxyl groups is 1. The fourth-order valence-electron chi connectivity index (χ4n) is 5.58. The fraction of sp³-hybridized carbons (Fsp3) is 0.323. The number of aromatic nitrogens is 2. The van der Waals surface area contributed by atoms with Crippen molar-refractivity contribution in [2.75, 3.05) is 30.4 Å². The first kappa shape index (κ1) is 27.9. The number of fused-ring (bicyclic) bond motifs is 3. The highest BCUT2D eigenvalue weighted by atomic mass is 35.5. The minimum absolute atomic E-state index is 0.144. The summed E-state index contributed by atoms with van der Waals surface area (Å²) in [6.45, 7) is 5.93. The van der Waals surface area contributed by atoms with E-state index in [4.69, 9.17) is 21.1 Å². The normalized spacial score (nSPS) is 19.1. The second kappa shape index (κ2) is 10.2. The van der Waals surface area contributed by atoms with Gasteiger partial charge in [0.1, 0.15) is 34.4 Å². The zero-order valence-corrected chi connectivity index (χ0v) is 24.5. The van der Waals surface area contributed by atoms with Crippen LogP contribution in [-0.4, -0.2) is 63.3 Å². The average molecular weight is 590 g/mol. The quantitative estimate of drug-likeness (QED) is 0.273. The van der Waals surface area contributed by atoms with Crippen LogP contribution < -0.4 is 15.0 Å². The molecule has 1 fully saturated rings. The first-order valence-electron chi connectivity index (χ1n) is 13.7. The molecule has 2 unspecified atom stereocenters. The van der Waals surface area contributed by atoms with Crippen molar-refractivity contribution in [3.8, 4) is 11.5 Å². The van der Waals surface area contributed by atoms with Crippen LogP contribution in [0.25, 0.3) is 11.0 Å². The van der Waals surface area contributed by atoms with E-state index >= 15 is 0 Å². The molecule has 4 heterocycles. The molecule has 2 aromatic heterocycles. The molecule has 11 heteroatoms. The highest BCUT2D eigenvalue weighted by molar-refractivity contribution is 6.31. The van der Waals surface area contributed by atoms with Gasteiger partial charge in [-0.1, -0.05) is 35.9 Å². The molecular weight excluding hydrogens is 558 g/mol. The Hall–Kier alpha value is -4.28. The number of anilines is 2. The van der Waals surface area contributed by atoms with Gasteiger partial charge in [0, 0.05) is 30.9 Å². The van der Waals surface area contributed by atoms with E-state index in [9.17, 15) is 14.7 Å². The van der Waals surface area contributed by atoms with E-state index in [1.807, 2.05) is 51.1 Å². The van der Waals surface area contributed by atoms with Gasteiger partial charge in [0.05, 0.1) is 34.5 Å². The molecule has 1 spiro atoms. The summed E-state index contributed by atoms with van der Waals surface area (Å²) >= 11 is 6.65. The third-order valence-corrected chi connectivity index (χ3v) is 7.94. The second-order valence-corrected chi connectivity index (χ2v) is 12.1. The first-order valence-corrected chi connectivity index (χ1v) is 14.1. The Morgan fingerprint density at radius 3 is 2.62 bits per heavy atom. The minimum Gasteiger partial charge on any atom is -0.457 e. The van der Waals surface area contributed by atoms with Crippen molar-refractivity contribution in [2.45, 2.75) is 44.4 Å². The Kier molecular flexibility index (Phi) is 6.78. The van der Waals surface area contributed by atoms with Gasteiger partial charge in [0.25, 0.3) is 5.91 Å². The zero-order chi connectivity index (χ0) is 29.8. The number of hydrogen-bond acceptors (Lipinski definition) is 7.